The summed E-state index contributed by atoms with van der Waals surface area (Å²) in [6.45, 7) is 0.630. The number of nitrogens with zero attached hydrogens (tertiary/aromatic N) is 1. The van der Waals surface area contributed by atoms with Crippen molar-refractivity contribution < 1.29 is 18.0 Å². The zero-order chi connectivity index (χ0) is 14.8. The number of carbonyl (C=O) groups is 1. The molecule has 1 amide bonds. The summed E-state index contributed by atoms with van der Waals surface area (Å²) in [5.41, 5.74) is -0.800. The van der Waals surface area contributed by atoms with E-state index in [0.29, 0.717) is 12.5 Å². The van der Waals surface area contributed by atoms with E-state index in [1.807, 2.05) is 0 Å². The molecular weight excluding hydrogens is 267 g/mol. The van der Waals surface area contributed by atoms with E-state index in [-0.39, 0.29) is 12.1 Å². The maximum Gasteiger partial charge on any atom is 0.416 e. The highest BCUT2D eigenvalue weighted by Gasteiger charge is 2.32. The van der Waals surface area contributed by atoms with E-state index in [2.05, 4.69) is 5.92 Å². The Kier molecular flexibility index (Phi) is 4.03. The summed E-state index contributed by atoms with van der Waals surface area (Å²) in [6.07, 6.45) is 2.84. The zero-order valence-electron chi connectivity index (χ0n) is 10.8. The van der Waals surface area contributed by atoms with Gasteiger partial charge in [0.15, 0.2) is 0 Å². The van der Waals surface area contributed by atoms with Crippen LogP contribution >= 0.6 is 0 Å². The third kappa shape index (κ3) is 3.53. The molecule has 1 saturated carbocycles. The van der Waals surface area contributed by atoms with Crippen molar-refractivity contribution in [3.63, 3.8) is 0 Å². The van der Waals surface area contributed by atoms with Crippen LogP contribution in [0.1, 0.15) is 28.8 Å². The lowest BCUT2D eigenvalue weighted by atomic mass is 10.1. The molecule has 1 aliphatic carbocycles. The molecule has 0 heterocycles. The Morgan fingerprint density at radius 1 is 1.40 bits per heavy atom. The highest BCUT2D eigenvalue weighted by Crippen LogP contribution is 2.31. The summed E-state index contributed by atoms with van der Waals surface area (Å²) in [7, 11) is 0. The largest absolute Gasteiger partial charge is 0.416 e. The van der Waals surface area contributed by atoms with E-state index >= 15 is 0 Å². The van der Waals surface area contributed by atoms with E-state index in [1.165, 1.54) is 17.0 Å². The number of benzene rings is 1. The molecule has 5 heteroatoms. The lowest BCUT2D eigenvalue weighted by Crippen LogP contribution is -2.33. The molecule has 106 valence electrons. The van der Waals surface area contributed by atoms with E-state index < -0.39 is 17.6 Å². The quantitative estimate of drug-likeness (QED) is 0.776. The Morgan fingerprint density at radius 3 is 2.65 bits per heavy atom. The second-order valence-corrected chi connectivity index (χ2v) is 4.91. The molecule has 0 bridgehead atoms. The monoisotopic (exact) mass is 281 g/mol. The predicted molar refractivity (Wildman–Crippen MR) is 68.9 cm³/mol. The maximum atomic E-state index is 12.6. The second kappa shape index (κ2) is 5.58. The van der Waals surface area contributed by atoms with Crippen LogP contribution in [0.15, 0.2) is 24.3 Å². The fourth-order valence-corrected chi connectivity index (χ4v) is 1.95. The second-order valence-electron chi connectivity index (χ2n) is 4.91. The van der Waals surface area contributed by atoms with Gasteiger partial charge in [-0.15, -0.1) is 6.42 Å². The number of alkyl halides is 3. The van der Waals surface area contributed by atoms with Gasteiger partial charge in [-0.3, -0.25) is 4.79 Å². The highest BCUT2D eigenvalue weighted by molar-refractivity contribution is 5.94. The first-order chi connectivity index (χ1) is 9.41. The van der Waals surface area contributed by atoms with Crippen molar-refractivity contribution in [3.05, 3.63) is 35.4 Å². The van der Waals surface area contributed by atoms with Gasteiger partial charge in [0, 0.05) is 12.1 Å². The standard InChI is InChI=1S/C15H14F3NO/c1-2-8-19(10-11-6-7-11)14(20)12-4-3-5-13(9-12)15(16,17)18/h1,3-5,9,11H,6-8,10H2. The first-order valence-corrected chi connectivity index (χ1v) is 6.32. The van der Waals surface area contributed by atoms with Crippen molar-refractivity contribution in [3.8, 4) is 12.3 Å². The van der Waals surface area contributed by atoms with Gasteiger partial charge in [0.25, 0.3) is 5.91 Å². The molecule has 1 aromatic rings. The van der Waals surface area contributed by atoms with Gasteiger partial charge in [-0.2, -0.15) is 13.2 Å². The minimum atomic E-state index is -4.45. The Balaban J connectivity index is 2.20. The van der Waals surface area contributed by atoms with Crippen LogP contribution < -0.4 is 0 Å². The smallest absolute Gasteiger partial charge is 0.327 e. The molecule has 20 heavy (non-hydrogen) atoms. The normalized spacial score (nSPS) is 14.7. The van der Waals surface area contributed by atoms with Crippen molar-refractivity contribution in [1.82, 2.24) is 4.90 Å². The number of halogens is 3. The van der Waals surface area contributed by atoms with Crippen LogP contribution in [0, 0.1) is 18.3 Å². The number of hydrogen-bond donors (Lipinski definition) is 0. The first kappa shape index (κ1) is 14.4. The van der Waals surface area contributed by atoms with Gasteiger partial charge >= 0.3 is 6.18 Å². The van der Waals surface area contributed by atoms with Crippen LogP contribution in [0.4, 0.5) is 13.2 Å². The molecule has 1 fully saturated rings. The molecule has 0 radical (unpaired) electrons. The van der Waals surface area contributed by atoms with E-state index in [1.54, 1.807) is 0 Å². The molecular formula is C15H14F3NO. The molecule has 0 unspecified atom stereocenters. The van der Waals surface area contributed by atoms with Gasteiger partial charge < -0.3 is 4.90 Å². The summed E-state index contributed by atoms with van der Waals surface area (Å²) in [5, 5.41) is 0. The van der Waals surface area contributed by atoms with Crippen LogP contribution in [0.5, 0.6) is 0 Å². The Hall–Kier alpha value is -1.96. The molecule has 2 rings (SSSR count). The van der Waals surface area contributed by atoms with E-state index in [0.717, 1.165) is 25.0 Å². The predicted octanol–water partition coefficient (Wildman–Crippen LogP) is 3.19. The lowest BCUT2D eigenvalue weighted by molar-refractivity contribution is -0.137. The molecule has 0 atom stereocenters. The average Bonchev–Trinajstić information content (AvgIpc) is 3.20. The fourth-order valence-electron chi connectivity index (χ4n) is 1.95. The van der Waals surface area contributed by atoms with Gasteiger partial charge in [-0.05, 0) is 37.0 Å². The summed E-state index contributed by atoms with van der Waals surface area (Å²) < 4.78 is 37.9. The molecule has 1 aliphatic rings. The Bertz CT molecular complexity index is 541. The summed E-state index contributed by atoms with van der Waals surface area (Å²) in [5.74, 6) is 2.36. The van der Waals surface area contributed by atoms with Crippen LogP contribution in [0.3, 0.4) is 0 Å². The van der Waals surface area contributed by atoms with Crippen molar-refractivity contribution in [2.24, 2.45) is 5.92 Å². The zero-order valence-corrected chi connectivity index (χ0v) is 10.8. The van der Waals surface area contributed by atoms with Gasteiger partial charge in [0.1, 0.15) is 0 Å². The number of amides is 1. The third-order valence-electron chi connectivity index (χ3n) is 3.18. The topological polar surface area (TPSA) is 20.3 Å². The molecule has 1 aromatic carbocycles. The summed E-state index contributed by atoms with van der Waals surface area (Å²) in [4.78, 5) is 13.7. The third-order valence-corrected chi connectivity index (χ3v) is 3.18. The number of hydrogen-bond acceptors (Lipinski definition) is 1. The first-order valence-electron chi connectivity index (χ1n) is 6.32. The van der Waals surface area contributed by atoms with E-state index in [4.69, 9.17) is 6.42 Å². The molecule has 0 saturated heterocycles. The number of terminal acetylenes is 1. The molecule has 2 nitrogen and oxygen atoms in total. The van der Waals surface area contributed by atoms with Gasteiger partial charge in [-0.25, -0.2) is 0 Å². The average molecular weight is 281 g/mol. The van der Waals surface area contributed by atoms with Crippen molar-refractivity contribution in [2.75, 3.05) is 13.1 Å². The van der Waals surface area contributed by atoms with Gasteiger partial charge in [0.05, 0.1) is 12.1 Å². The highest BCUT2D eigenvalue weighted by atomic mass is 19.4. The number of rotatable bonds is 4. The number of carbonyl (C=O) groups excluding carboxylic acids is 1. The minimum Gasteiger partial charge on any atom is -0.327 e. The summed E-state index contributed by atoms with van der Waals surface area (Å²) in [6, 6.07) is 4.44. The summed E-state index contributed by atoms with van der Waals surface area (Å²) >= 11 is 0. The maximum absolute atomic E-state index is 12.6. The SMILES string of the molecule is C#CCN(CC1CC1)C(=O)c1cccc(C(F)(F)F)c1. The Labute approximate surface area is 115 Å². The minimum absolute atomic E-state index is 0.0238. The van der Waals surface area contributed by atoms with E-state index in [9.17, 15) is 18.0 Å². The molecule has 0 N–H and O–H groups in total. The molecule has 0 aromatic heterocycles. The van der Waals surface area contributed by atoms with Crippen LogP contribution in [-0.2, 0) is 6.18 Å². The van der Waals surface area contributed by atoms with Crippen LogP contribution in [0.25, 0.3) is 0 Å². The van der Waals surface area contributed by atoms with Crippen molar-refractivity contribution in [1.29, 1.82) is 0 Å². The molecule has 0 aliphatic heterocycles. The van der Waals surface area contributed by atoms with Crippen LogP contribution in [-0.4, -0.2) is 23.9 Å². The fraction of sp³-hybridized carbons (Fsp3) is 0.400. The van der Waals surface area contributed by atoms with Crippen LogP contribution in [0.2, 0.25) is 0 Å². The van der Waals surface area contributed by atoms with Crippen molar-refractivity contribution in [2.45, 2.75) is 19.0 Å². The molecule has 0 spiro atoms. The Morgan fingerprint density at radius 2 is 2.10 bits per heavy atom. The van der Waals surface area contributed by atoms with Crippen molar-refractivity contribution >= 4 is 5.91 Å². The van der Waals surface area contributed by atoms with Gasteiger partial charge in [0.2, 0.25) is 0 Å². The lowest BCUT2D eigenvalue weighted by Gasteiger charge is -2.20. The van der Waals surface area contributed by atoms with Gasteiger partial charge in [-0.1, -0.05) is 12.0 Å².